The van der Waals surface area contributed by atoms with Crippen molar-refractivity contribution in [3.05, 3.63) is 130 Å². The van der Waals surface area contributed by atoms with Gasteiger partial charge in [0.25, 0.3) is 10.0 Å². The molecule has 0 saturated heterocycles. The van der Waals surface area contributed by atoms with Crippen LogP contribution in [-0.2, 0) is 32.6 Å². The maximum Gasteiger partial charge on any atom is 0.264 e. The number of rotatable bonds is 12. The largest absolute Gasteiger partial charge is 0.352 e. The zero-order valence-corrected chi connectivity index (χ0v) is 27.0. The fraction of sp³-hybridized carbons (Fsp3) is 0.257. The first-order chi connectivity index (χ1) is 21.7. The van der Waals surface area contributed by atoms with Crippen LogP contribution in [0.2, 0.25) is 10.0 Å². The van der Waals surface area contributed by atoms with Gasteiger partial charge in [0.15, 0.2) is 0 Å². The third kappa shape index (κ3) is 8.25. The van der Waals surface area contributed by atoms with Gasteiger partial charge in [-0.2, -0.15) is 0 Å². The highest BCUT2D eigenvalue weighted by atomic mass is 35.5. The Hall–Kier alpha value is -3.85. The van der Waals surface area contributed by atoms with Crippen LogP contribution in [0.4, 0.5) is 5.69 Å². The van der Waals surface area contributed by atoms with Crippen LogP contribution in [0.1, 0.15) is 36.8 Å². The van der Waals surface area contributed by atoms with Gasteiger partial charge in [-0.1, -0.05) is 109 Å². The van der Waals surface area contributed by atoms with Crippen molar-refractivity contribution in [2.75, 3.05) is 10.8 Å². The first kappa shape index (κ1) is 32.5. The highest BCUT2D eigenvalue weighted by Gasteiger charge is 2.36. The third-order valence-corrected chi connectivity index (χ3v) is 10.3. The summed E-state index contributed by atoms with van der Waals surface area (Å²) < 4.78 is 29.2. The second-order valence-corrected chi connectivity index (χ2v) is 13.8. The predicted octanol–water partition coefficient (Wildman–Crippen LogP) is 6.89. The summed E-state index contributed by atoms with van der Waals surface area (Å²) >= 11 is 12.7. The number of sulfonamides is 1. The van der Waals surface area contributed by atoms with E-state index < -0.39 is 28.5 Å². The molecule has 2 amide bonds. The average molecular weight is 665 g/mol. The molecule has 1 N–H and O–H groups in total. The maximum atomic E-state index is 14.5. The molecule has 1 unspecified atom stereocenters. The van der Waals surface area contributed by atoms with Gasteiger partial charge in [-0.05, 0) is 60.4 Å². The fourth-order valence-corrected chi connectivity index (χ4v) is 7.46. The summed E-state index contributed by atoms with van der Waals surface area (Å²) in [4.78, 5) is 30.1. The van der Waals surface area contributed by atoms with Gasteiger partial charge in [0.2, 0.25) is 11.8 Å². The minimum atomic E-state index is -4.22. The molecule has 0 aliphatic heterocycles. The number of hydrogen-bond donors (Lipinski definition) is 1. The van der Waals surface area contributed by atoms with E-state index in [9.17, 15) is 18.0 Å². The van der Waals surface area contributed by atoms with Crippen molar-refractivity contribution >= 4 is 50.7 Å². The topological polar surface area (TPSA) is 86.8 Å². The Bertz CT molecular complexity index is 1700. The summed E-state index contributed by atoms with van der Waals surface area (Å²) in [5.74, 6) is -0.824. The molecule has 0 aromatic heterocycles. The molecule has 0 spiro atoms. The molecule has 0 bridgehead atoms. The van der Waals surface area contributed by atoms with Gasteiger partial charge in [0.05, 0.1) is 15.6 Å². The van der Waals surface area contributed by atoms with Gasteiger partial charge in [0.1, 0.15) is 12.6 Å². The van der Waals surface area contributed by atoms with E-state index in [0.29, 0.717) is 5.02 Å². The van der Waals surface area contributed by atoms with E-state index in [4.69, 9.17) is 23.2 Å². The summed E-state index contributed by atoms with van der Waals surface area (Å²) in [6.07, 6.45) is 4.07. The predicted molar refractivity (Wildman–Crippen MR) is 179 cm³/mol. The van der Waals surface area contributed by atoms with Crippen molar-refractivity contribution in [1.82, 2.24) is 10.2 Å². The Balaban J connectivity index is 1.56. The number of amides is 2. The number of anilines is 1. The van der Waals surface area contributed by atoms with Crippen molar-refractivity contribution in [3.63, 3.8) is 0 Å². The van der Waals surface area contributed by atoms with Gasteiger partial charge in [-0.25, -0.2) is 8.42 Å². The number of para-hydroxylation sites is 1. The van der Waals surface area contributed by atoms with Crippen molar-refractivity contribution in [3.8, 4) is 0 Å². The van der Waals surface area contributed by atoms with Crippen LogP contribution in [0.3, 0.4) is 0 Å². The molecule has 234 valence electrons. The van der Waals surface area contributed by atoms with Gasteiger partial charge in [0, 0.05) is 24.0 Å². The first-order valence-corrected chi connectivity index (χ1v) is 17.1. The number of nitrogens with zero attached hydrogens (tertiary/aromatic N) is 2. The molecule has 7 nitrogen and oxygen atoms in total. The number of nitrogens with one attached hydrogen (secondary N) is 1. The van der Waals surface area contributed by atoms with Crippen molar-refractivity contribution < 1.29 is 18.0 Å². The molecule has 10 heteroatoms. The number of carbonyl (C=O) groups is 2. The molecular weight excluding hydrogens is 629 g/mol. The van der Waals surface area contributed by atoms with Gasteiger partial charge >= 0.3 is 0 Å². The normalized spacial score (nSPS) is 14.1. The quantitative estimate of drug-likeness (QED) is 0.179. The maximum absolute atomic E-state index is 14.5. The van der Waals surface area contributed by atoms with Crippen LogP contribution in [0.5, 0.6) is 0 Å². The van der Waals surface area contributed by atoms with E-state index >= 15 is 0 Å². The molecule has 1 atom stereocenters. The zero-order chi connectivity index (χ0) is 31.8. The number of carbonyl (C=O) groups excluding carboxylic acids is 2. The molecule has 45 heavy (non-hydrogen) atoms. The lowest BCUT2D eigenvalue weighted by molar-refractivity contribution is -0.140. The zero-order valence-electron chi connectivity index (χ0n) is 24.7. The second-order valence-electron chi connectivity index (χ2n) is 11.1. The summed E-state index contributed by atoms with van der Waals surface area (Å²) in [5, 5.41) is 3.88. The Morgan fingerprint density at radius 1 is 0.778 bits per heavy atom. The smallest absolute Gasteiger partial charge is 0.264 e. The first-order valence-electron chi connectivity index (χ1n) is 14.9. The highest BCUT2D eigenvalue weighted by molar-refractivity contribution is 7.92. The molecule has 1 aliphatic rings. The van der Waals surface area contributed by atoms with E-state index in [1.807, 2.05) is 30.3 Å². The van der Waals surface area contributed by atoms with Crippen LogP contribution in [0.25, 0.3) is 0 Å². The molecule has 4 aromatic rings. The van der Waals surface area contributed by atoms with Crippen LogP contribution in [-0.4, -0.2) is 43.8 Å². The van der Waals surface area contributed by atoms with E-state index in [1.54, 1.807) is 66.7 Å². The Morgan fingerprint density at radius 3 is 2.02 bits per heavy atom. The molecule has 1 fully saturated rings. The summed E-state index contributed by atoms with van der Waals surface area (Å²) in [6.45, 7) is -0.510. The van der Waals surface area contributed by atoms with Crippen LogP contribution in [0.15, 0.2) is 114 Å². The lowest BCUT2D eigenvalue weighted by Crippen LogP contribution is -2.54. The van der Waals surface area contributed by atoms with E-state index in [2.05, 4.69) is 5.32 Å². The second kappa shape index (κ2) is 15.0. The summed E-state index contributed by atoms with van der Waals surface area (Å²) in [7, 11) is -4.22. The molecule has 1 saturated carbocycles. The lowest BCUT2D eigenvalue weighted by atomic mass is 10.0. The highest BCUT2D eigenvalue weighted by Crippen LogP contribution is 2.31. The molecule has 4 aromatic carbocycles. The molecule has 1 aliphatic carbocycles. The Morgan fingerprint density at radius 2 is 1.38 bits per heavy atom. The standard InChI is InChI=1S/C35H35Cl2N3O4S/c36-28-21-19-27(20-22-28)24-39(33(23-26-11-3-1-4-12-26)35(42)38-29-13-7-8-14-29)34(41)25-40(32-18-10-9-17-31(32)37)45(43,44)30-15-5-2-6-16-30/h1-6,9-12,15-22,29,33H,7-8,13-14,23-25H2,(H,38,42). The molecular formula is C35H35Cl2N3O4S. The lowest BCUT2D eigenvalue weighted by Gasteiger charge is -2.34. The van der Waals surface area contributed by atoms with E-state index in [-0.39, 0.29) is 40.5 Å². The minimum Gasteiger partial charge on any atom is -0.352 e. The monoisotopic (exact) mass is 663 g/mol. The fourth-order valence-electron chi connectivity index (χ4n) is 5.60. The third-order valence-electron chi connectivity index (χ3n) is 7.97. The minimum absolute atomic E-state index is 0.0155. The van der Waals surface area contributed by atoms with E-state index in [1.165, 1.54) is 17.0 Å². The van der Waals surface area contributed by atoms with Gasteiger partial charge < -0.3 is 10.2 Å². The van der Waals surface area contributed by atoms with Gasteiger partial charge in [-0.15, -0.1) is 0 Å². The summed E-state index contributed by atoms with van der Waals surface area (Å²) in [6, 6.07) is 30.0. The van der Waals surface area contributed by atoms with Crippen LogP contribution >= 0.6 is 23.2 Å². The van der Waals surface area contributed by atoms with Crippen molar-refractivity contribution in [1.29, 1.82) is 0 Å². The van der Waals surface area contributed by atoms with E-state index in [0.717, 1.165) is 41.1 Å². The van der Waals surface area contributed by atoms with Gasteiger partial charge in [-0.3, -0.25) is 13.9 Å². The number of benzene rings is 4. The molecule has 0 heterocycles. The van der Waals surface area contributed by atoms with Crippen molar-refractivity contribution in [2.45, 2.75) is 55.6 Å². The van der Waals surface area contributed by atoms with Crippen LogP contribution in [0, 0.1) is 0 Å². The number of hydrogen-bond acceptors (Lipinski definition) is 4. The Kier molecular flexibility index (Phi) is 10.8. The molecule has 5 rings (SSSR count). The Labute approximate surface area is 274 Å². The average Bonchev–Trinajstić information content (AvgIpc) is 3.56. The SMILES string of the molecule is O=C(NC1CCCC1)C(Cc1ccccc1)N(Cc1ccc(Cl)cc1)C(=O)CN(c1ccccc1Cl)S(=O)(=O)c1ccccc1. The van der Waals surface area contributed by atoms with Crippen LogP contribution < -0.4 is 9.62 Å². The number of halogens is 2. The summed E-state index contributed by atoms with van der Waals surface area (Å²) in [5.41, 5.74) is 1.78. The molecule has 0 radical (unpaired) electrons. The van der Waals surface area contributed by atoms with Crippen molar-refractivity contribution in [2.24, 2.45) is 0 Å².